The van der Waals surface area contributed by atoms with Gasteiger partial charge in [-0.2, -0.15) is 0 Å². The number of carbonyl (C=O) groups is 1. The number of methoxy groups -OCH3 is 1. The molecule has 35 heavy (non-hydrogen) atoms. The van der Waals surface area contributed by atoms with Gasteiger partial charge in [0.25, 0.3) is 5.91 Å². The second-order valence-corrected chi connectivity index (χ2v) is 11.7. The number of hydrogen-bond acceptors (Lipinski definition) is 7. The first kappa shape index (κ1) is 25.6. The number of hydroxylamine groups is 1. The molecule has 10 heteroatoms. The highest BCUT2D eigenvalue weighted by atomic mass is 32.2. The number of aryl methyl sites for hydroxylation is 1. The normalized spacial score (nSPS) is 26.0. The van der Waals surface area contributed by atoms with E-state index < -0.39 is 45.7 Å². The number of aliphatic hydroxyl groups excluding tert-OH is 2. The molecule has 4 N–H and O–H groups in total. The van der Waals surface area contributed by atoms with Crippen LogP contribution in [0.15, 0.2) is 42.5 Å². The molecule has 1 amide bonds. The van der Waals surface area contributed by atoms with E-state index in [-0.39, 0.29) is 19.0 Å². The number of nitrogens with one attached hydrogen (secondary N) is 1. The number of ether oxygens (including phenoxy) is 1. The zero-order chi connectivity index (χ0) is 25.4. The third-order valence-electron chi connectivity index (χ3n) is 7.43. The highest BCUT2D eigenvalue weighted by Gasteiger charge is 2.60. The summed E-state index contributed by atoms with van der Waals surface area (Å²) < 4.78 is 31.4. The number of aliphatic hydroxyl groups is 2. The summed E-state index contributed by atoms with van der Waals surface area (Å²) in [6.45, 7) is 2.46. The molecular formula is C25H32N2O7S. The molecule has 2 aliphatic rings. The van der Waals surface area contributed by atoms with Crippen LogP contribution in [0.25, 0.3) is 11.1 Å². The Morgan fingerprint density at radius 1 is 1.09 bits per heavy atom. The van der Waals surface area contributed by atoms with Crippen LogP contribution in [0, 0.1) is 6.92 Å². The van der Waals surface area contributed by atoms with Crippen molar-refractivity contribution in [2.75, 3.05) is 20.2 Å². The number of carbonyl (C=O) groups excluding carboxylic acids is 1. The first-order chi connectivity index (χ1) is 16.6. The van der Waals surface area contributed by atoms with Crippen molar-refractivity contribution < 1.29 is 33.4 Å². The van der Waals surface area contributed by atoms with Gasteiger partial charge in [0.2, 0.25) is 10.0 Å². The van der Waals surface area contributed by atoms with Gasteiger partial charge in [-0.3, -0.25) is 10.0 Å². The molecule has 0 unspecified atom stereocenters. The van der Waals surface area contributed by atoms with Crippen LogP contribution in [0.2, 0.25) is 0 Å². The molecule has 1 aliphatic heterocycles. The fourth-order valence-corrected chi connectivity index (χ4v) is 7.61. The fourth-order valence-electron chi connectivity index (χ4n) is 5.38. The fraction of sp³-hybridized carbons (Fsp3) is 0.480. The van der Waals surface area contributed by atoms with Crippen molar-refractivity contribution in [1.29, 1.82) is 0 Å². The SMILES string of the molecule is COc1cccc(-c2ccc(C3CCN(S(=O)(=O)[C@]4(C(=O)NO)C[C@@H](O)[C@@H](O)C4)CC3)cc2C)c1. The Hall–Kier alpha value is -2.50. The molecule has 1 saturated carbocycles. The number of hydrogen-bond donors (Lipinski definition) is 4. The highest BCUT2D eigenvalue weighted by molar-refractivity contribution is 7.91. The molecule has 3 atom stereocenters. The van der Waals surface area contributed by atoms with Crippen LogP contribution in [0.3, 0.4) is 0 Å². The van der Waals surface area contributed by atoms with Gasteiger partial charge in [0.15, 0.2) is 4.75 Å². The maximum atomic E-state index is 13.5. The molecule has 1 heterocycles. The minimum Gasteiger partial charge on any atom is -0.497 e. The predicted molar refractivity (Wildman–Crippen MR) is 130 cm³/mol. The number of nitrogens with zero attached hydrogens (tertiary/aromatic N) is 1. The Morgan fingerprint density at radius 2 is 1.74 bits per heavy atom. The Kier molecular flexibility index (Phi) is 7.21. The lowest BCUT2D eigenvalue weighted by Crippen LogP contribution is -2.57. The van der Waals surface area contributed by atoms with Gasteiger partial charge < -0.3 is 14.9 Å². The van der Waals surface area contributed by atoms with Gasteiger partial charge in [0, 0.05) is 25.9 Å². The molecule has 0 spiro atoms. The molecule has 2 fully saturated rings. The number of sulfonamides is 1. The van der Waals surface area contributed by atoms with Crippen LogP contribution in [0.5, 0.6) is 5.75 Å². The van der Waals surface area contributed by atoms with E-state index in [4.69, 9.17) is 4.74 Å². The van der Waals surface area contributed by atoms with Crippen molar-refractivity contribution in [3.8, 4) is 16.9 Å². The number of amides is 1. The van der Waals surface area contributed by atoms with E-state index in [9.17, 15) is 28.6 Å². The Balaban J connectivity index is 1.50. The Bertz CT molecular complexity index is 1180. The van der Waals surface area contributed by atoms with E-state index in [0.717, 1.165) is 28.0 Å². The molecule has 9 nitrogen and oxygen atoms in total. The maximum absolute atomic E-state index is 13.5. The lowest BCUT2D eigenvalue weighted by Gasteiger charge is -2.37. The number of benzene rings is 2. The smallest absolute Gasteiger partial charge is 0.266 e. The van der Waals surface area contributed by atoms with Crippen LogP contribution in [0.1, 0.15) is 42.7 Å². The molecule has 1 aliphatic carbocycles. The molecular weight excluding hydrogens is 472 g/mol. The minimum atomic E-state index is -4.23. The topological polar surface area (TPSA) is 136 Å². The first-order valence-corrected chi connectivity index (χ1v) is 13.1. The third-order valence-corrected chi connectivity index (χ3v) is 9.98. The van der Waals surface area contributed by atoms with Crippen LogP contribution < -0.4 is 10.2 Å². The summed E-state index contributed by atoms with van der Waals surface area (Å²) in [5.41, 5.74) is 5.82. The quantitative estimate of drug-likeness (QED) is 0.349. The first-order valence-electron chi connectivity index (χ1n) is 11.7. The zero-order valence-electron chi connectivity index (χ0n) is 19.8. The number of piperidine rings is 1. The van der Waals surface area contributed by atoms with Crippen LogP contribution >= 0.6 is 0 Å². The molecule has 2 aromatic rings. The van der Waals surface area contributed by atoms with E-state index in [2.05, 4.69) is 18.2 Å². The second kappa shape index (κ2) is 9.87. The van der Waals surface area contributed by atoms with Gasteiger partial charge >= 0.3 is 0 Å². The monoisotopic (exact) mass is 504 g/mol. The molecule has 0 aromatic heterocycles. The summed E-state index contributed by atoms with van der Waals surface area (Å²) >= 11 is 0. The zero-order valence-corrected chi connectivity index (χ0v) is 20.7. The van der Waals surface area contributed by atoms with Gasteiger partial charge in [0.1, 0.15) is 5.75 Å². The highest BCUT2D eigenvalue weighted by Crippen LogP contribution is 2.42. The van der Waals surface area contributed by atoms with Gasteiger partial charge in [-0.05, 0) is 60.1 Å². The lowest BCUT2D eigenvalue weighted by molar-refractivity contribution is -0.132. The molecule has 0 bridgehead atoms. The summed E-state index contributed by atoms with van der Waals surface area (Å²) in [5, 5.41) is 29.2. The molecule has 4 rings (SSSR count). The van der Waals surface area contributed by atoms with Gasteiger partial charge in [-0.15, -0.1) is 0 Å². The molecule has 0 radical (unpaired) electrons. The number of rotatable bonds is 6. The van der Waals surface area contributed by atoms with Crippen molar-refractivity contribution >= 4 is 15.9 Å². The van der Waals surface area contributed by atoms with E-state index >= 15 is 0 Å². The summed E-state index contributed by atoms with van der Waals surface area (Å²) in [6.07, 6.45) is -2.50. The van der Waals surface area contributed by atoms with Crippen LogP contribution in [0.4, 0.5) is 0 Å². The van der Waals surface area contributed by atoms with Crippen molar-refractivity contribution in [3.05, 3.63) is 53.6 Å². The molecule has 1 saturated heterocycles. The van der Waals surface area contributed by atoms with Crippen molar-refractivity contribution in [2.24, 2.45) is 0 Å². The van der Waals surface area contributed by atoms with Crippen LogP contribution in [-0.4, -0.2) is 71.2 Å². The maximum Gasteiger partial charge on any atom is 0.266 e. The molecule has 190 valence electrons. The van der Waals surface area contributed by atoms with E-state index in [1.165, 1.54) is 9.79 Å². The van der Waals surface area contributed by atoms with Gasteiger partial charge in [-0.1, -0.05) is 30.3 Å². The Labute approximate surface area is 205 Å². The minimum absolute atomic E-state index is 0.155. The summed E-state index contributed by atoms with van der Waals surface area (Å²) in [5.74, 6) is -0.185. The second-order valence-electron chi connectivity index (χ2n) is 9.46. The third kappa shape index (κ3) is 4.56. The Morgan fingerprint density at radius 3 is 2.31 bits per heavy atom. The summed E-state index contributed by atoms with van der Waals surface area (Å²) in [4.78, 5) is 12.4. The average molecular weight is 505 g/mol. The van der Waals surface area contributed by atoms with Gasteiger partial charge in [0.05, 0.1) is 19.3 Å². The van der Waals surface area contributed by atoms with Crippen molar-refractivity contribution in [3.63, 3.8) is 0 Å². The summed E-state index contributed by atoms with van der Waals surface area (Å²) in [7, 11) is -2.60. The van der Waals surface area contributed by atoms with Crippen molar-refractivity contribution in [2.45, 2.75) is 55.5 Å². The van der Waals surface area contributed by atoms with Gasteiger partial charge in [-0.25, -0.2) is 18.2 Å². The largest absolute Gasteiger partial charge is 0.497 e. The van der Waals surface area contributed by atoms with Crippen LogP contribution in [-0.2, 0) is 14.8 Å². The standard InChI is InChI=1S/C25H32N2O7S/c1-16-12-18(6-7-21(16)19-4-3-5-20(13-19)34-2)17-8-10-27(11-9-17)35(32,33)25(24(30)26-31)14-22(28)23(29)15-25/h3-7,12-13,17,22-23,28-29,31H,8-11,14-15H2,1-2H3,(H,26,30)/t22-,23+,25-. The van der Waals surface area contributed by atoms with E-state index in [1.54, 1.807) is 7.11 Å². The molecule has 2 aromatic carbocycles. The average Bonchev–Trinajstić information content (AvgIpc) is 3.19. The summed E-state index contributed by atoms with van der Waals surface area (Å²) in [6, 6.07) is 14.1. The van der Waals surface area contributed by atoms with E-state index in [0.29, 0.717) is 12.8 Å². The lowest BCUT2D eigenvalue weighted by atomic mass is 9.87. The van der Waals surface area contributed by atoms with E-state index in [1.807, 2.05) is 31.2 Å². The van der Waals surface area contributed by atoms with Crippen molar-refractivity contribution in [1.82, 2.24) is 9.79 Å². The predicted octanol–water partition coefficient (Wildman–Crippen LogP) is 1.94.